The largest absolute Gasteiger partial charge is 0.481 e. The summed E-state index contributed by atoms with van der Waals surface area (Å²) in [7, 11) is 0. The van der Waals surface area contributed by atoms with E-state index in [9.17, 15) is 24.3 Å². The SMILES string of the molecule is CC1=C(C(=O)O)N2C(=O)C(NC(=O)CCCC(=O)O)[C@H]2SC1. The number of fused-ring (bicyclic) bond motifs is 1. The van der Waals surface area contributed by atoms with E-state index >= 15 is 0 Å². The summed E-state index contributed by atoms with van der Waals surface area (Å²) in [6, 6.07) is -0.746. The first kappa shape index (κ1) is 16.3. The van der Waals surface area contributed by atoms with Crippen LogP contribution < -0.4 is 5.32 Å². The number of β-lactam (4-membered cyclic amide) rings is 1. The molecule has 0 aromatic carbocycles. The van der Waals surface area contributed by atoms with Crippen molar-refractivity contribution >= 4 is 35.5 Å². The lowest BCUT2D eigenvalue weighted by atomic mass is 10.0. The lowest BCUT2D eigenvalue weighted by Crippen LogP contribution is -2.70. The van der Waals surface area contributed by atoms with Crippen LogP contribution in [0.15, 0.2) is 11.3 Å². The van der Waals surface area contributed by atoms with Crippen molar-refractivity contribution in [2.75, 3.05) is 5.75 Å². The van der Waals surface area contributed by atoms with Gasteiger partial charge in [-0.2, -0.15) is 0 Å². The molecule has 1 unspecified atom stereocenters. The van der Waals surface area contributed by atoms with Crippen LogP contribution in [0.25, 0.3) is 0 Å². The molecular weight excluding hydrogens is 312 g/mol. The third-order valence-corrected chi connectivity index (χ3v) is 4.90. The van der Waals surface area contributed by atoms with E-state index in [-0.39, 0.29) is 25.0 Å². The number of carbonyl (C=O) groups excluding carboxylic acids is 2. The molecule has 0 bridgehead atoms. The summed E-state index contributed by atoms with van der Waals surface area (Å²) in [5, 5.41) is 19.8. The Morgan fingerprint density at radius 1 is 1.32 bits per heavy atom. The van der Waals surface area contributed by atoms with Gasteiger partial charge in [-0.05, 0) is 18.9 Å². The van der Waals surface area contributed by atoms with E-state index in [0.717, 1.165) is 0 Å². The second-order valence-corrected chi connectivity index (χ2v) is 6.24. The Bertz CT molecular complexity index is 573. The molecule has 22 heavy (non-hydrogen) atoms. The monoisotopic (exact) mass is 328 g/mol. The van der Waals surface area contributed by atoms with Crippen LogP contribution >= 0.6 is 11.8 Å². The maximum absolute atomic E-state index is 12.1. The van der Waals surface area contributed by atoms with Gasteiger partial charge in [0.2, 0.25) is 5.91 Å². The second-order valence-electron chi connectivity index (χ2n) is 5.14. The van der Waals surface area contributed by atoms with E-state index in [2.05, 4.69) is 5.32 Å². The number of thioether (sulfide) groups is 1. The van der Waals surface area contributed by atoms with Crippen LogP contribution in [0.5, 0.6) is 0 Å². The minimum Gasteiger partial charge on any atom is -0.481 e. The van der Waals surface area contributed by atoms with Crippen LogP contribution in [0, 0.1) is 0 Å². The van der Waals surface area contributed by atoms with Gasteiger partial charge in [0.15, 0.2) is 0 Å². The molecule has 2 aliphatic heterocycles. The number of hydrogen-bond acceptors (Lipinski definition) is 5. The summed E-state index contributed by atoms with van der Waals surface area (Å²) >= 11 is 1.40. The molecule has 0 spiro atoms. The van der Waals surface area contributed by atoms with Gasteiger partial charge in [-0.1, -0.05) is 0 Å². The Hall–Kier alpha value is -2.03. The van der Waals surface area contributed by atoms with Gasteiger partial charge in [0, 0.05) is 18.6 Å². The van der Waals surface area contributed by atoms with Crippen molar-refractivity contribution in [3.05, 3.63) is 11.3 Å². The minimum atomic E-state index is -1.15. The van der Waals surface area contributed by atoms with Gasteiger partial charge in [0.05, 0.1) is 0 Å². The Kier molecular flexibility index (Phi) is 4.74. The Morgan fingerprint density at radius 3 is 2.59 bits per heavy atom. The highest BCUT2D eigenvalue weighted by Crippen LogP contribution is 2.40. The van der Waals surface area contributed by atoms with E-state index in [4.69, 9.17) is 5.11 Å². The van der Waals surface area contributed by atoms with Gasteiger partial charge in [0.1, 0.15) is 17.1 Å². The molecule has 120 valence electrons. The summed E-state index contributed by atoms with van der Waals surface area (Å²) in [6.07, 6.45) is 0.110. The number of carboxylic acid groups (broad SMARTS) is 2. The predicted octanol–water partition coefficient (Wildman–Crippen LogP) is -0.000200. The third kappa shape index (κ3) is 3.08. The predicted molar refractivity (Wildman–Crippen MR) is 76.8 cm³/mol. The quantitative estimate of drug-likeness (QED) is 0.586. The zero-order valence-electron chi connectivity index (χ0n) is 11.9. The van der Waals surface area contributed by atoms with Crippen molar-refractivity contribution in [1.82, 2.24) is 10.2 Å². The zero-order chi connectivity index (χ0) is 16.4. The molecule has 2 rings (SSSR count). The molecule has 0 aromatic rings. The average Bonchev–Trinajstić information content (AvgIpc) is 2.43. The smallest absolute Gasteiger partial charge is 0.352 e. The normalized spacial score (nSPS) is 23.7. The molecule has 0 aromatic heterocycles. The fourth-order valence-corrected chi connectivity index (χ4v) is 3.71. The molecular formula is C13H16N2O6S. The number of rotatable bonds is 6. The van der Waals surface area contributed by atoms with Gasteiger partial charge in [-0.25, -0.2) is 4.79 Å². The molecule has 2 aliphatic rings. The van der Waals surface area contributed by atoms with Crippen LogP contribution in [0.4, 0.5) is 0 Å². The molecule has 2 heterocycles. The molecule has 3 N–H and O–H groups in total. The molecule has 2 atom stereocenters. The Morgan fingerprint density at radius 2 is 2.00 bits per heavy atom. The first-order chi connectivity index (χ1) is 10.3. The van der Waals surface area contributed by atoms with Crippen LogP contribution in [0.2, 0.25) is 0 Å². The first-order valence-electron chi connectivity index (χ1n) is 6.71. The molecule has 0 saturated carbocycles. The van der Waals surface area contributed by atoms with Crippen molar-refractivity contribution in [1.29, 1.82) is 0 Å². The van der Waals surface area contributed by atoms with Gasteiger partial charge < -0.3 is 15.5 Å². The van der Waals surface area contributed by atoms with E-state index in [1.54, 1.807) is 6.92 Å². The second kappa shape index (κ2) is 6.39. The van der Waals surface area contributed by atoms with E-state index in [0.29, 0.717) is 11.3 Å². The molecule has 8 nitrogen and oxygen atoms in total. The fraction of sp³-hybridized carbons (Fsp3) is 0.538. The van der Waals surface area contributed by atoms with Crippen molar-refractivity contribution in [3.63, 3.8) is 0 Å². The molecule has 1 fully saturated rings. The van der Waals surface area contributed by atoms with E-state index < -0.39 is 35.2 Å². The maximum Gasteiger partial charge on any atom is 0.352 e. The molecule has 9 heteroatoms. The fourth-order valence-electron chi connectivity index (χ4n) is 2.42. The highest BCUT2D eigenvalue weighted by atomic mass is 32.2. The topological polar surface area (TPSA) is 124 Å². The van der Waals surface area contributed by atoms with Crippen LogP contribution in [0.3, 0.4) is 0 Å². The van der Waals surface area contributed by atoms with Crippen molar-refractivity contribution in [2.24, 2.45) is 0 Å². The Balaban J connectivity index is 1.94. The number of carbonyl (C=O) groups is 4. The van der Waals surface area contributed by atoms with Crippen molar-refractivity contribution in [2.45, 2.75) is 37.6 Å². The number of nitrogens with one attached hydrogen (secondary N) is 1. The van der Waals surface area contributed by atoms with Gasteiger partial charge in [0.25, 0.3) is 5.91 Å². The standard InChI is InChI=1S/C13H16N2O6S/c1-6-5-22-12-9(11(19)15(12)10(6)13(20)21)14-7(16)3-2-4-8(17)18/h9,12H,2-5H2,1H3,(H,14,16)(H,17,18)(H,20,21)/t9?,12-/m1/s1. The summed E-state index contributed by atoms with van der Waals surface area (Å²) in [5.74, 6) is -2.49. The van der Waals surface area contributed by atoms with E-state index in [1.165, 1.54) is 16.7 Å². The van der Waals surface area contributed by atoms with Crippen molar-refractivity contribution in [3.8, 4) is 0 Å². The lowest BCUT2D eigenvalue weighted by Gasteiger charge is -2.49. The number of carboxylic acids is 2. The van der Waals surface area contributed by atoms with E-state index in [1.807, 2.05) is 0 Å². The number of aliphatic carboxylic acids is 2. The van der Waals surface area contributed by atoms with Crippen molar-refractivity contribution < 1.29 is 29.4 Å². The molecule has 0 aliphatic carbocycles. The molecule has 0 radical (unpaired) electrons. The number of amides is 2. The van der Waals surface area contributed by atoms with Gasteiger partial charge in [-0.3, -0.25) is 19.3 Å². The van der Waals surface area contributed by atoms with Crippen LogP contribution in [0.1, 0.15) is 26.2 Å². The summed E-state index contributed by atoms with van der Waals surface area (Å²) in [4.78, 5) is 46.6. The number of hydrogen-bond donors (Lipinski definition) is 3. The number of nitrogens with zero attached hydrogens (tertiary/aromatic N) is 1. The maximum atomic E-state index is 12.1. The zero-order valence-corrected chi connectivity index (χ0v) is 12.7. The lowest BCUT2D eigenvalue weighted by molar-refractivity contribution is -0.150. The third-order valence-electron chi connectivity index (χ3n) is 3.47. The first-order valence-corrected chi connectivity index (χ1v) is 7.76. The highest BCUT2D eigenvalue weighted by Gasteiger charge is 2.53. The minimum absolute atomic E-state index is 0.00914. The highest BCUT2D eigenvalue weighted by molar-refractivity contribution is 8.00. The van der Waals surface area contributed by atoms with Crippen LogP contribution in [-0.2, 0) is 19.2 Å². The van der Waals surface area contributed by atoms with Crippen LogP contribution in [-0.4, -0.2) is 56.0 Å². The molecule has 2 amide bonds. The molecule has 1 saturated heterocycles. The van der Waals surface area contributed by atoms with Gasteiger partial charge >= 0.3 is 11.9 Å². The Labute approximate surface area is 130 Å². The average molecular weight is 328 g/mol. The summed E-state index contributed by atoms with van der Waals surface area (Å²) in [5.41, 5.74) is 0.610. The van der Waals surface area contributed by atoms with Gasteiger partial charge in [-0.15, -0.1) is 11.8 Å². The summed E-state index contributed by atoms with van der Waals surface area (Å²) < 4.78 is 0. The summed E-state index contributed by atoms with van der Waals surface area (Å²) in [6.45, 7) is 1.66.